The smallest absolute Gasteiger partial charge is 0.279 e. The minimum atomic E-state index is -0.309. The highest BCUT2D eigenvalue weighted by molar-refractivity contribution is 7.12. The Morgan fingerprint density at radius 2 is 2.11 bits per heavy atom. The fourth-order valence-electron chi connectivity index (χ4n) is 1.35. The van der Waals surface area contributed by atoms with Gasteiger partial charge in [-0.1, -0.05) is 6.07 Å². The number of hydrogen-bond donors (Lipinski definition) is 2. The standard InChI is InChI=1S/C12H12N2O3S/c15-11(6-5-9-3-1-7-17-9)13-14-12(16)10-4-2-8-18-10/h1-4,7-8H,5-6H2,(H,13,15)(H,14,16). The molecule has 0 aromatic carbocycles. The third kappa shape index (κ3) is 3.46. The lowest BCUT2D eigenvalue weighted by Gasteiger charge is -2.05. The van der Waals surface area contributed by atoms with Crippen LogP contribution in [0.2, 0.25) is 0 Å². The van der Waals surface area contributed by atoms with E-state index in [0.29, 0.717) is 11.3 Å². The number of hydrogen-bond acceptors (Lipinski definition) is 4. The van der Waals surface area contributed by atoms with Crippen LogP contribution in [0, 0.1) is 0 Å². The van der Waals surface area contributed by atoms with Crippen LogP contribution in [0.25, 0.3) is 0 Å². The molecule has 0 spiro atoms. The fourth-order valence-corrected chi connectivity index (χ4v) is 1.97. The molecule has 6 heteroatoms. The van der Waals surface area contributed by atoms with Gasteiger partial charge in [-0.05, 0) is 23.6 Å². The van der Waals surface area contributed by atoms with Gasteiger partial charge in [-0.3, -0.25) is 20.4 Å². The van der Waals surface area contributed by atoms with Crippen LogP contribution in [-0.2, 0) is 11.2 Å². The molecule has 18 heavy (non-hydrogen) atoms. The Kier molecular flexibility index (Phi) is 4.14. The normalized spacial score (nSPS) is 10.0. The minimum Gasteiger partial charge on any atom is -0.469 e. The van der Waals surface area contributed by atoms with E-state index < -0.39 is 0 Å². The van der Waals surface area contributed by atoms with E-state index in [2.05, 4.69) is 10.9 Å². The van der Waals surface area contributed by atoms with Gasteiger partial charge in [0.25, 0.3) is 5.91 Å². The van der Waals surface area contributed by atoms with Crippen molar-refractivity contribution in [2.24, 2.45) is 0 Å². The zero-order valence-corrected chi connectivity index (χ0v) is 10.3. The summed E-state index contributed by atoms with van der Waals surface area (Å²) in [6.07, 6.45) is 2.33. The number of furan rings is 1. The van der Waals surface area contributed by atoms with Crippen molar-refractivity contribution in [3.63, 3.8) is 0 Å². The van der Waals surface area contributed by atoms with E-state index in [1.54, 1.807) is 35.9 Å². The molecular weight excluding hydrogens is 252 g/mol. The van der Waals surface area contributed by atoms with E-state index in [0.717, 1.165) is 5.76 Å². The van der Waals surface area contributed by atoms with E-state index in [1.165, 1.54) is 11.3 Å². The SMILES string of the molecule is O=C(CCc1ccco1)NNC(=O)c1cccs1. The van der Waals surface area contributed by atoms with Crippen LogP contribution >= 0.6 is 11.3 Å². The maximum atomic E-state index is 11.5. The second-order valence-corrected chi connectivity index (χ2v) is 4.51. The van der Waals surface area contributed by atoms with Gasteiger partial charge in [0.15, 0.2) is 0 Å². The van der Waals surface area contributed by atoms with Crippen LogP contribution in [0.3, 0.4) is 0 Å². The number of nitrogens with one attached hydrogen (secondary N) is 2. The van der Waals surface area contributed by atoms with Gasteiger partial charge in [-0.2, -0.15) is 0 Å². The number of carbonyl (C=O) groups excluding carboxylic acids is 2. The maximum absolute atomic E-state index is 11.5. The van der Waals surface area contributed by atoms with Crippen molar-refractivity contribution in [3.05, 3.63) is 46.5 Å². The highest BCUT2D eigenvalue weighted by atomic mass is 32.1. The predicted molar refractivity (Wildman–Crippen MR) is 67.0 cm³/mol. The third-order valence-corrected chi connectivity index (χ3v) is 3.11. The Hall–Kier alpha value is -2.08. The topological polar surface area (TPSA) is 71.3 Å². The molecule has 0 saturated carbocycles. The van der Waals surface area contributed by atoms with Gasteiger partial charge in [0.2, 0.25) is 5.91 Å². The molecule has 2 amide bonds. The van der Waals surface area contributed by atoms with Crippen LogP contribution in [0.15, 0.2) is 40.3 Å². The van der Waals surface area contributed by atoms with Gasteiger partial charge in [-0.25, -0.2) is 0 Å². The first-order valence-electron chi connectivity index (χ1n) is 5.41. The summed E-state index contributed by atoms with van der Waals surface area (Å²) in [4.78, 5) is 23.5. The monoisotopic (exact) mass is 264 g/mol. The quantitative estimate of drug-likeness (QED) is 0.826. The van der Waals surface area contributed by atoms with E-state index in [4.69, 9.17) is 4.42 Å². The van der Waals surface area contributed by atoms with Crippen molar-refractivity contribution in [3.8, 4) is 0 Å². The summed E-state index contributed by atoms with van der Waals surface area (Å²) in [6, 6.07) is 7.04. The molecule has 0 aliphatic heterocycles. The third-order valence-electron chi connectivity index (χ3n) is 2.24. The molecule has 0 aliphatic rings. The van der Waals surface area contributed by atoms with Crippen LogP contribution in [0.4, 0.5) is 0 Å². The Balaban J connectivity index is 1.70. The van der Waals surface area contributed by atoms with Crippen molar-refractivity contribution in [1.29, 1.82) is 0 Å². The number of hydrazine groups is 1. The Morgan fingerprint density at radius 1 is 1.22 bits per heavy atom. The van der Waals surface area contributed by atoms with E-state index in [-0.39, 0.29) is 18.2 Å². The molecule has 0 fully saturated rings. The molecular formula is C12H12N2O3S. The molecule has 2 N–H and O–H groups in total. The molecule has 2 rings (SSSR count). The zero-order chi connectivity index (χ0) is 12.8. The number of carbonyl (C=O) groups is 2. The Morgan fingerprint density at radius 3 is 2.78 bits per heavy atom. The second-order valence-electron chi connectivity index (χ2n) is 3.56. The molecule has 0 aliphatic carbocycles. The summed E-state index contributed by atoms with van der Waals surface area (Å²) in [5.74, 6) is 0.183. The first-order valence-corrected chi connectivity index (χ1v) is 6.29. The van der Waals surface area contributed by atoms with E-state index in [1.807, 2.05) is 0 Å². The number of rotatable bonds is 4. The van der Waals surface area contributed by atoms with Gasteiger partial charge < -0.3 is 4.42 Å². The lowest BCUT2D eigenvalue weighted by Crippen LogP contribution is -2.41. The lowest BCUT2D eigenvalue weighted by atomic mass is 10.2. The summed E-state index contributed by atoms with van der Waals surface area (Å²) >= 11 is 1.32. The zero-order valence-electron chi connectivity index (χ0n) is 9.51. The number of thiophene rings is 1. The maximum Gasteiger partial charge on any atom is 0.279 e. The summed E-state index contributed by atoms with van der Waals surface area (Å²) in [5, 5.41) is 1.80. The average molecular weight is 264 g/mol. The van der Waals surface area contributed by atoms with Crippen molar-refractivity contribution in [2.75, 3.05) is 0 Å². The molecule has 0 bridgehead atoms. The molecule has 2 heterocycles. The number of amides is 2. The summed E-state index contributed by atoms with van der Waals surface area (Å²) < 4.78 is 5.10. The van der Waals surface area contributed by atoms with Crippen LogP contribution in [0.5, 0.6) is 0 Å². The van der Waals surface area contributed by atoms with Crippen molar-refractivity contribution in [2.45, 2.75) is 12.8 Å². The van der Waals surface area contributed by atoms with Crippen LogP contribution < -0.4 is 10.9 Å². The van der Waals surface area contributed by atoms with Crippen molar-refractivity contribution < 1.29 is 14.0 Å². The number of aryl methyl sites for hydroxylation is 1. The molecule has 0 saturated heterocycles. The Labute approximate surface area is 108 Å². The molecule has 0 unspecified atom stereocenters. The summed E-state index contributed by atoms with van der Waals surface area (Å²) in [6.45, 7) is 0. The molecule has 0 atom stereocenters. The van der Waals surface area contributed by atoms with E-state index >= 15 is 0 Å². The second kappa shape index (κ2) is 6.02. The first kappa shape index (κ1) is 12.4. The van der Waals surface area contributed by atoms with Crippen molar-refractivity contribution in [1.82, 2.24) is 10.9 Å². The molecule has 0 radical (unpaired) electrons. The van der Waals surface area contributed by atoms with Gasteiger partial charge in [0.05, 0.1) is 11.1 Å². The predicted octanol–water partition coefficient (Wildman–Crippen LogP) is 1.73. The molecule has 2 aromatic rings. The van der Waals surface area contributed by atoms with Crippen LogP contribution in [-0.4, -0.2) is 11.8 Å². The summed E-state index contributed by atoms with van der Waals surface area (Å²) in [5.41, 5.74) is 4.72. The van der Waals surface area contributed by atoms with Crippen LogP contribution in [0.1, 0.15) is 21.9 Å². The average Bonchev–Trinajstić information content (AvgIpc) is 3.05. The Bertz CT molecular complexity index is 505. The lowest BCUT2D eigenvalue weighted by molar-refractivity contribution is -0.121. The van der Waals surface area contributed by atoms with Gasteiger partial charge >= 0.3 is 0 Å². The highest BCUT2D eigenvalue weighted by Gasteiger charge is 2.08. The fraction of sp³-hybridized carbons (Fsp3) is 0.167. The molecule has 94 valence electrons. The van der Waals surface area contributed by atoms with Gasteiger partial charge in [0.1, 0.15) is 5.76 Å². The molecule has 5 nitrogen and oxygen atoms in total. The van der Waals surface area contributed by atoms with Crippen molar-refractivity contribution >= 4 is 23.2 Å². The van der Waals surface area contributed by atoms with Gasteiger partial charge in [-0.15, -0.1) is 11.3 Å². The summed E-state index contributed by atoms with van der Waals surface area (Å²) in [7, 11) is 0. The molecule has 2 aromatic heterocycles. The minimum absolute atomic E-state index is 0.253. The largest absolute Gasteiger partial charge is 0.469 e. The van der Waals surface area contributed by atoms with Gasteiger partial charge in [0, 0.05) is 12.8 Å². The van der Waals surface area contributed by atoms with E-state index in [9.17, 15) is 9.59 Å². The highest BCUT2D eigenvalue weighted by Crippen LogP contribution is 2.07. The first-order chi connectivity index (χ1) is 8.75.